The van der Waals surface area contributed by atoms with Crippen LogP contribution in [-0.2, 0) is 0 Å². The molecule has 1 N–H and O–H groups in total. The molecule has 7 heteroatoms. The summed E-state index contributed by atoms with van der Waals surface area (Å²) in [6.07, 6.45) is 0. The standard InChI is InChI=1S/C22H21N3O4/c1-13-11-17(15(3)28-13)19-12-18(20-14(2)25-29-22(20)24-19)21(26)23-9-10-27-16-7-5-4-6-8-16/h4-8,11-12H,9-10H2,1-3H3,(H,23,26). The molecule has 0 bridgehead atoms. The van der Waals surface area contributed by atoms with E-state index in [9.17, 15) is 4.79 Å². The van der Waals surface area contributed by atoms with Crippen LogP contribution < -0.4 is 10.1 Å². The van der Waals surface area contributed by atoms with Crippen molar-refractivity contribution in [2.24, 2.45) is 0 Å². The number of aryl methyl sites for hydroxylation is 3. The van der Waals surface area contributed by atoms with Crippen LogP contribution in [0.25, 0.3) is 22.4 Å². The van der Waals surface area contributed by atoms with Crippen molar-refractivity contribution in [3.63, 3.8) is 0 Å². The summed E-state index contributed by atoms with van der Waals surface area (Å²) in [6, 6.07) is 13.1. The van der Waals surface area contributed by atoms with E-state index in [0.717, 1.165) is 22.8 Å². The van der Waals surface area contributed by atoms with E-state index >= 15 is 0 Å². The predicted octanol–water partition coefficient (Wildman–Crippen LogP) is 4.22. The number of rotatable bonds is 6. The van der Waals surface area contributed by atoms with Crippen molar-refractivity contribution in [1.82, 2.24) is 15.5 Å². The van der Waals surface area contributed by atoms with Crippen molar-refractivity contribution in [2.75, 3.05) is 13.2 Å². The lowest BCUT2D eigenvalue weighted by Gasteiger charge is -2.09. The third-order valence-corrected chi connectivity index (χ3v) is 4.58. The topological polar surface area (TPSA) is 90.4 Å². The largest absolute Gasteiger partial charge is 0.492 e. The quantitative estimate of drug-likeness (QED) is 0.495. The van der Waals surface area contributed by atoms with Gasteiger partial charge in [-0.2, -0.15) is 0 Å². The molecule has 0 atom stereocenters. The number of hydrogen-bond donors (Lipinski definition) is 1. The maximum atomic E-state index is 12.9. The number of fused-ring (bicyclic) bond motifs is 1. The molecule has 0 aliphatic heterocycles. The molecular formula is C22H21N3O4. The second-order valence-corrected chi connectivity index (χ2v) is 6.75. The maximum Gasteiger partial charge on any atom is 0.259 e. The number of furan rings is 1. The highest BCUT2D eigenvalue weighted by Gasteiger charge is 2.20. The lowest BCUT2D eigenvalue weighted by molar-refractivity contribution is 0.0948. The van der Waals surface area contributed by atoms with Gasteiger partial charge in [-0.05, 0) is 45.0 Å². The predicted molar refractivity (Wildman–Crippen MR) is 108 cm³/mol. The number of carbonyl (C=O) groups is 1. The van der Waals surface area contributed by atoms with E-state index in [4.69, 9.17) is 13.7 Å². The number of nitrogens with one attached hydrogen (secondary N) is 1. The van der Waals surface area contributed by atoms with Crippen LogP contribution >= 0.6 is 0 Å². The summed E-state index contributed by atoms with van der Waals surface area (Å²) in [5, 5.41) is 7.47. The zero-order valence-corrected chi connectivity index (χ0v) is 16.5. The van der Waals surface area contributed by atoms with Crippen molar-refractivity contribution >= 4 is 17.0 Å². The Hall–Kier alpha value is -3.61. The summed E-state index contributed by atoms with van der Waals surface area (Å²) >= 11 is 0. The van der Waals surface area contributed by atoms with Crippen LogP contribution in [0.4, 0.5) is 0 Å². The van der Waals surface area contributed by atoms with Crippen LogP contribution in [0.15, 0.2) is 51.4 Å². The molecular weight excluding hydrogens is 370 g/mol. The highest BCUT2D eigenvalue weighted by molar-refractivity contribution is 6.07. The molecule has 0 fully saturated rings. The molecule has 0 aliphatic carbocycles. The molecule has 0 unspecified atom stereocenters. The van der Waals surface area contributed by atoms with E-state index in [1.807, 2.05) is 50.2 Å². The number of amides is 1. The Labute approximate surface area is 167 Å². The average Bonchev–Trinajstić information content (AvgIpc) is 3.26. The summed E-state index contributed by atoms with van der Waals surface area (Å²) in [4.78, 5) is 17.4. The van der Waals surface area contributed by atoms with E-state index in [1.165, 1.54) is 0 Å². The Kier molecular flexibility index (Phi) is 5.03. The first-order valence-corrected chi connectivity index (χ1v) is 9.33. The zero-order valence-electron chi connectivity index (χ0n) is 16.5. The average molecular weight is 391 g/mol. The highest BCUT2D eigenvalue weighted by atomic mass is 16.5. The number of benzene rings is 1. The second kappa shape index (κ2) is 7.79. The first-order chi connectivity index (χ1) is 14.0. The lowest BCUT2D eigenvalue weighted by atomic mass is 10.1. The smallest absolute Gasteiger partial charge is 0.259 e. The van der Waals surface area contributed by atoms with Gasteiger partial charge >= 0.3 is 0 Å². The molecule has 1 amide bonds. The van der Waals surface area contributed by atoms with Gasteiger partial charge in [-0.3, -0.25) is 4.79 Å². The Balaban J connectivity index is 1.57. The number of hydrogen-bond acceptors (Lipinski definition) is 6. The monoisotopic (exact) mass is 391 g/mol. The summed E-state index contributed by atoms with van der Waals surface area (Å²) < 4.78 is 16.6. The number of ether oxygens (including phenoxy) is 1. The molecule has 0 radical (unpaired) electrons. The van der Waals surface area contributed by atoms with Gasteiger partial charge < -0.3 is 19.0 Å². The van der Waals surface area contributed by atoms with E-state index in [2.05, 4.69) is 15.5 Å². The molecule has 3 aromatic heterocycles. The number of nitrogens with zero attached hydrogens (tertiary/aromatic N) is 2. The van der Waals surface area contributed by atoms with Gasteiger partial charge in [-0.15, -0.1) is 0 Å². The molecule has 148 valence electrons. The van der Waals surface area contributed by atoms with E-state index in [1.54, 1.807) is 13.0 Å². The minimum atomic E-state index is -0.237. The fraction of sp³-hybridized carbons (Fsp3) is 0.227. The van der Waals surface area contributed by atoms with Gasteiger partial charge in [0.25, 0.3) is 11.6 Å². The van der Waals surface area contributed by atoms with Crippen LogP contribution in [0.1, 0.15) is 27.6 Å². The van der Waals surface area contributed by atoms with Gasteiger partial charge in [0.15, 0.2) is 0 Å². The highest BCUT2D eigenvalue weighted by Crippen LogP contribution is 2.30. The van der Waals surface area contributed by atoms with Crippen LogP contribution in [0.3, 0.4) is 0 Å². The molecule has 0 saturated carbocycles. The minimum Gasteiger partial charge on any atom is -0.492 e. The first-order valence-electron chi connectivity index (χ1n) is 9.33. The number of para-hydroxylation sites is 1. The van der Waals surface area contributed by atoms with E-state index in [0.29, 0.717) is 41.2 Å². The lowest BCUT2D eigenvalue weighted by Crippen LogP contribution is -2.28. The molecule has 1 aromatic carbocycles. The molecule has 29 heavy (non-hydrogen) atoms. The maximum absolute atomic E-state index is 12.9. The number of aromatic nitrogens is 2. The third kappa shape index (κ3) is 3.85. The summed E-state index contributed by atoms with van der Waals surface area (Å²) in [5.74, 6) is 2.03. The molecule has 4 aromatic rings. The third-order valence-electron chi connectivity index (χ3n) is 4.58. The van der Waals surface area contributed by atoms with Gasteiger partial charge in [0.05, 0.1) is 28.9 Å². The fourth-order valence-electron chi connectivity index (χ4n) is 3.24. The Morgan fingerprint density at radius 1 is 1.14 bits per heavy atom. The molecule has 0 aliphatic rings. The number of carbonyl (C=O) groups excluding carboxylic acids is 1. The van der Waals surface area contributed by atoms with E-state index < -0.39 is 0 Å². The second-order valence-electron chi connectivity index (χ2n) is 6.75. The fourth-order valence-corrected chi connectivity index (χ4v) is 3.24. The molecule has 4 rings (SSSR count). The first kappa shape index (κ1) is 18.7. The molecule has 0 spiro atoms. The molecule has 3 heterocycles. The van der Waals surface area contributed by atoms with Crippen LogP contribution in [0.5, 0.6) is 5.75 Å². The SMILES string of the molecule is Cc1cc(-c2cc(C(=O)NCCOc3ccccc3)c3c(C)noc3n2)c(C)o1. The Morgan fingerprint density at radius 3 is 2.66 bits per heavy atom. The van der Waals surface area contributed by atoms with Gasteiger partial charge in [-0.25, -0.2) is 4.98 Å². The zero-order chi connectivity index (χ0) is 20.4. The van der Waals surface area contributed by atoms with Gasteiger partial charge in [0.1, 0.15) is 23.9 Å². The van der Waals surface area contributed by atoms with E-state index in [-0.39, 0.29) is 5.91 Å². The number of pyridine rings is 1. The van der Waals surface area contributed by atoms with Gasteiger partial charge in [0, 0.05) is 5.56 Å². The van der Waals surface area contributed by atoms with Crippen molar-refractivity contribution in [1.29, 1.82) is 0 Å². The van der Waals surface area contributed by atoms with Gasteiger partial charge in [0.2, 0.25) is 0 Å². The van der Waals surface area contributed by atoms with Gasteiger partial charge in [-0.1, -0.05) is 23.4 Å². The summed E-state index contributed by atoms with van der Waals surface area (Å²) in [7, 11) is 0. The van der Waals surface area contributed by atoms with Crippen molar-refractivity contribution in [2.45, 2.75) is 20.8 Å². The normalized spacial score (nSPS) is 11.0. The summed E-state index contributed by atoms with van der Waals surface area (Å²) in [6.45, 7) is 6.24. The van der Waals surface area contributed by atoms with Crippen LogP contribution in [0, 0.1) is 20.8 Å². The Bertz CT molecular complexity index is 1160. The van der Waals surface area contributed by atoms with Crippen LogP contribution in [0.2, 0.25) is 0 Å². The molecule has 0 saturated heterocycles. The minimum absolute atomic E-state index is 0.237. The van der Waals surface area contributed by atoms with Crippen molar-refractivity contribution < 1.29 is 18.5 Å². The molecule has 7 nitrogen and oxygen atoms in total. The van der Waals surface area contributed by atoms with Crippen molar-refractivity contribution in [3.8, 4) is 17.0 Å². The Morgan fingerprint density at radius 2 is 1.93 bits per heavy atom. The van der Waals surface area contributed by atoms with Crippen molar-refractivity contribution in [3.05, 3.63) is 65.2 Å². The van der Waals surface area contributed by atoms with Crippen LogP contribution in [-0.4, -0.2) is 29.2 Å². The summed E-state index contributed by atoms with van der Waals surface area (Å²) in [5.41, 5.74) is 2.82.